The van der Waals surface area contributed by atoms with Gasteiger partial charge in [-0.1, -0.05) is 30.3 Å². The molecule has 2 heterocycles. The summed E-state index contributed by atoms with van der Waals surface area (Å²) in [5, 5.41) is 8.14. The maximum absolute atomic E-state index is 8.14. The number of hydrogen-bond acceptors (Lipinski definition) is 2. The predicted octanol–water partition coefficient (Wildman–Crippen LogP) is 2.42. The summed E-state index contributed by atoms with van der Waals surface area (Å²) in [5.41, 5.74) is 3.43. The van der Waals surface area contributed by atoms with E-state index in [2.05, 4.69) is 16.0 Å². The van der Waals surface area contributed by atoms with Crippen molar-refractivity contribution in [1.82, 2.24) is 9.88 Å². The normalized spacial score (nSPS) is 13.9. The summed E-state index contributed by atoms with van der Waals surface area (Å²) in [6.45, 7) is 1.57. The van der Waals surface area contributed by atoms with Gasteiger partial charge in [0.05, 0.1) is 0 Å². The highest BCUT2D eigenvalue weighted by molar-refractivity contribution is 6.00. The van der Waals surface area contributed by atoms with E-state index in [1.54, 1.807) is 6.20 Å². The summed E-state index contributed by atoms with van der Waals surface area (Å²) in [4.78, 5) is 6.17. The lowest BCUT2D eigenvalue weighted by Crippen LogP contribution is -2.23. The summed E-state index contributed by atoms with van der Waals surface area (Å²) >= 11 is 0. The van der Waals surface area contributed by atoms with E-state index in [4.69, 9.17) is 5.41 Å². The number of nitrogens with zero attached hydrogens (tertiary/aromatic N) is 2. The van der Waals surface area contributed by atoms with Gasteiger partial charge in [0.15, 0.2) is 0 Å². The zero-order chi connectivity index (χ0) is 11.7. The van der Waals surface area contributed by atoms with Crippen LogP contribution in [0.5, 0.6) is 0 Å². The SMILES string of the molecule is N=C1c2ccccc2CN1Cc1cccnc1. The Morgan fingerprint density at radius 1 is 1.18 bits per heavy atom. The van der Waals surface area contributed by atoms with Crippen molar-refractivity contribution >= 4 is 5.84 Å². The van der Waals surface area contributed by atoms with E-state index in [1.807, 2.05) is 36.5 Å². The van der Waals surface area contributed by atoms with E-state index in [0.29, 0.717) is 5.84 Å². The van der Waals surface area contributed by atoms with Crippen LogP contribution in [-0.2, 0) is 13.1 Å². The first-order valence-corrected chi connectivity index (χ1v) is 5.65. The molecule has 0 saturated carbocycles. The van der Waals surface area contributed by atoms with Gasteiger partial charge in [-0.2, -0.15) is 0 Å². The van der Waals surface area contributed by atoms with Crippen LogP contribution in [0.2, 0.25) is 0 Å². The fraction of sp³-hybridized carbons (Fsp3) is 0.143. The lowest BCUT2D eigenvalue weighted by atomic mass is 10.1. The molecule has 84 valence electrons. The largest absolute Gasteiger partial charge is 0.348 e. The minimum absolute atomic E-state index is 0.615. The van der Waals surface area contributed by atoms with E-state index in [0.717, 1.165) is 24.2 Å². The fourth-order valence-corrected chi connectivity index (χ4v) is 2.19. The van der Waals surface area contributed by atoms with Crippen molar-refractivity contribution in [2.75, 3.05) is 0 Å². The maximum atomic E-state index is 8.14. The van der Waals surface area contributed by atoms with Gasteiger partial charge in [-0.3, -0.25) is 10.4 Å². The number of amidine groups is 1. The van der Waals surface area contributed by atoms with Gasteiger partial charge in [-0.25, -0.2) is 0 Å². The van der Waals surface area contributed by atoms with Crippen LogP contribution in [0.25, 0.3) is 0 Å². The van der Waals surface area contributed by atoms with Crippen LogP contribution in [0, 0.1) is 5.41 Å². The van der Waals surface area contributed by atoms with E-state index in [9.17, 15) is 0 Å². The van der Waals surface area contributed by atoms with Crippen molar-refractivity contribution in [3.8, 4) is 0 Å². The summed E-state index contributed by atoms with van der Waals surface area (Å²) in [6, 6.07) is 12.1. The van der Waals surface area contributed by atoms with Crippen LogP contribution in [-0.4, -0.2) is 15.7 Å². The molecule has 3 heteroatoms. The number of nitrogens with one attached hydrogen (secondary N) is 1. The van der Waals surface area contributed by atoms with Crippen LogP contribution in [0.3, 0.4) is 0 Å². The van der Waals surface area contributed by atoms with Gasteiger partial charge in [-0.15, -0.1) is 0 Å². The van der Waals surface area contributed by atoms with E-state index in [-0.39, 0.29) is 0 Å². The summed E-state index contributed by atoms with van der Waals surface area (Å²) < 4.78 is 0. The second-order valence-electron chi connectivity index (χ2n) is 4.22. The van der Waals surface area contributed by atoms with Gasteiger partial charge >= 0.3 is 0 Å². The van der Waals surface area contributed by atoms with Crippen LogP contribution >= 0.6 is 0 Å². The lowest BCUT2D eigenvalue weighted by molar-refractivity contribution is 0.421. The Balaban J connectivity index is 1.83. The molecule has 0 amide bonds. The highest BCUT2D eigenvalue weighted by atomic mass is 15.2. The summed E-state index contributed by atoms with van der Waals surface area (Å²) in [5.74, 6) is 0.615. The molecule has 0 bridgehead atoms. The van der Waals surface area contributed by atoms with Crippen LogP contribution in [0.15, 0.2) is 48.8 Å². The molecule has 17 heavy (non-hydrogen) atoms. The molecule has 0 spiro atoms. The van der Waals surface area contributed by atoms with Gasteiger partial charge in [0.2, 0.25) is 0 Å². The van der Waals surface area contributed by atoms with Crippen LogP contribution in [0.4, 0.5) is 0 Å². The molecule has 1 aliphatic rings. The van der Waals surface area contributed by atoms with Crippen LogP contribution < -0.4 is 0 Å². The minimum Gasteiger partial charge on any atom is -0.348 e. The first-order chi connectivity index (χ1) is 8.34. The van der Waals surface area contributed by atoms with Crippen molar-refractivity contribution in [3.63, 3.8) is 0 Å². The quantitative estimate of drug-likeness (QED) is 0.849. The standard InChI is InChI=1S/C14H13N3/c15-14-13-6-2-1-5-12(13)10-17(14)9-11-4-3-7-16-8-11/h1-8,15H,9-10H2. The smallest absolute Gasteiger partial charge is 0.129 e. The summed E-state index contributed by atoms with van der Waals surface area (Å²) in [7, 11) is 0. The van der Waals surface area contributed by atoms with E-state index < -0.39 is 0 Å². The summed E-state index contributed by atoms with van der Waals surface area (Å²) in [6.07, 6.45) is 3.63. The molecule has 0 unspecified atom stereocenters. The van der Waals surface area contributed by atoms with Gasteiger partial charge in [0.25, 0.3) is 0 Å². The Labute approximate surface area is 100 Å². The molecule has 1 aromatic heterocycles. The first-order valence-electron chi connectivity index (χ1n) is 5.65. The number of aromatic nitrogens is 1. The van der Waals surface area contributed by atoms with Gasteiger partial charge in [0.1, 0.15) is 5.84 Å². The molecular weight excluding hydrogens is 210 g/mol. The zero-order valence-corrected chi connectivity index (χ0v) is 9.43. The predicted molar refractivity (Wildman–Crippen MR) is 66.8 cm³/mol. The number of hydrogen-bond donors (Lipinski definition) is 1. The van der Waals surface area contributed by atoms with Crippen molar-refractivity contribution in [1.29, 1.82) is 5.41 Å². The number of fused-ring (bicyclic) bond motifs is 1. The molecule has 0 fully saturated rings. The third kappa shape index (κ3) is 1.80. The van der Waals surface area contributed by atoms with Crippen molar-refractivity contribution < 1.29 is 0 Å². The topological polar surface area (TPSA) is 40.0 Å². The highest BCUT2D eigenvalue weighted by Gasteiger charge is 2.23. The zero-order valence-electron chi connectivity index (χ0n) is 9.43. The number of pyridine rings is 1. The lowest BCUT2D eigenvalue weighted by Gasteiger charge is -2.17. The molecule has 3 rings (SSSR count). The third-order valence-electron chi connectivity index (χ3n) is 3.05. The van der Waals surface area contributed by atoms with E-state index >= 15 is 0 Å². The fourth-order valence-electron chi connectivity index (χ4n) is 2.19. The van der Waals surface area contributed by atoms with Gasteiger partial charge in [0, 0.05) is 31.0 Å². The van der Waals surface area contributed by atoms with Crippen molar-refractivity contribution in [3.05, 3.63) is 65.5 Å². The number of benzene rings is 1. The Morgan fingerprint density at radius 2 is 2.06 bits per heavy atom. The third-order valence-corrected chi connectivity index (χ3v) is 3.05. The van der Waals surface area contributed by atoms with Gasteiger partial charge < -0.3 is 4.90 Å². The second-order valence-corrected chi connectivity index (χ2v) is 4.22. The Bertz CT molecular complexity index is 548. The molecule has 0 atom stereocenters. The number of rotatable bonds is 2. The first kappa shape index (κ1) is 10.0. The van der Waals surface area contributed by atoms with E-state index in [1.165, 1.54) is 5.56 Å². The molecule has 1 N–H and O–H groups in total. The molecule has 2 aromatic rings. The monoisotopic (exact) mass is 223 g/mol. The second kappa shape index (κ2) is 4.01. The molecule has 3 nitrogen and oxygen atoms in total. The van der Waals surface area contributed by atoms with Crippen molar-refractivity contribution in [2.24, 2.45) is 0 Å². The highest BCUT2D eigenvalue weighted by Crippen LogP contribution is 2.23. The Kier molecular flexibility index (Phi) is 2.37. The molecular formula is C14H13N3. The molecule has 0 radical (unpaired) electrons. The van der Waals surface area contributed by atoms with Crippen LogP contribution in [0.1, 0.15) is 16.7 Å². The maximum Gasteiger partial charge on any atom is 0.129 e. The molecule has 0 saturated heterocycles. The molecule has 1 aromatic carbocycles. The molecule has 1 aliphatic heterocycles. The van der Waals surface area contributed by atoms with Gasteiger partial charge in [-0.05, 0) is 17.2 Å². The minimum atomic E-state index is 0.615. The van der Waals surface area contributed by atoms with Crippen molar-refractivity contribution in [2.45, 2.75) is 13.1 Å². The average Bonchev–Trinajstić information content (AvgIpc) is 2.68. The average molecular weight is 223 g/mol. The Morgan fingerprint density at radius 3 is 2.82 bits per heavy atom. The Hall–Kier alpha value is -2.16. The molecule has 0 aliphatic carbocycles.